The lowest BCUT2D eigenvalue weighted by molar-refractivity contribution is -0.146. The second-order valence-electron chi connectivity index (χ2n) is 17.1. The third kappa shape index (κ3) is 13.4. The third-order valence-electron chi connectivity index (χ3n) is 11.3. The molecule has 8 unspecified atom stereocenters. The molecule has 0 fully saturated rings. The van der Waals surface area contributed by atoms with Gasteiger partial charge in [-0.2, -0.15) is 0 Å². The van der Waals surface area contributed by atoms with Crippen LogP contribution in [-0.4, -0.2) is 108 Å². The van der Waals surface area contributed by atoms with Gasteiger partial charge in [-0.05, 0) is 55.6 Å². The quantitative estimate of drug-likeness (QED) is 0.0737. The van der Waals surface area contributed by atoms with Crippen molar-refractivity contribution in [2.45, 2.75) is 91.9 Å². The Hall–Kier alpha value is -3.51. The summed E-state index contributed by atoms with van der Waals surface area (Å²) in [5.41, 5.74) is 2.03. The minimum Gasteiger partial charge on any atom is -0.468 e. The Balaban J connectivity index is 0.000000286. The molecule has 0 aromatic heterocycles. The second-order valence-corrected chi connectivity index (χ2v) is 26.1. The largest absolute Gasteiger partial charge is 0.468 e. The first-order valence-electron chi connectivity index (χ1n) is 21.7. The van der Waals surface area contributed by atoms with Gasteiger partial charge in [-0.25, -0.2) is 27.3 Å². The van der Waals surface area contributed by atoms with Crippen molar-refractivity contribution in [2.75, 3.05) is 47.5 Å². The summed E-state index contributed by atoms with van der Waals surface area (Å²) >= 11 is 0. The Bertz CT molecular complexity index is 2220. The SMILES string of the molecule is C.COC(=O)C(CC(C)C)N1CC=CP1(=O)OP1(=O)C=CCN1C(CC(C)C)C(=O)OC.COC(=O)C(Cc1ccccc1)N1CC=CP1(=O)OP1(=O)C=CCN1C(C)Cc1ccccc1. The number of esters is 3. The fraction of sp³-hybridized carbons (Fsp3) is 0.500. The highest BCUT2D eigenvalue weighted by molar-refractivity contribution is 7.73. The van der Waals surface area contributed by atoms with E-state index in [1.165, 1.54) is 58.6 Å². The molecule has 0 N–H and O–H groups in total. The molecular weight excluding hydrogens is 924 g/mol. The highest BCUT2D eigenvalue weighted by atomic mass is 31.3. The van der Waals surface area contributed by atoms with Gasteiger partial charge in [-0.1, -0.05) is 120 Å². The first-order chi connectivity index (χ1) is 30.8. The van der Waals surface area contributed by atoms with Gasteiger partial charge in [-0.3, -0.25) is 32.6 Å². The predicted octanol–water partition coefficient (Wildman–Crippen LogP) is 10.3. The third-order valence-corrected chi connectivity index (χ3v) is 22.1. The van der Waals surface area contributed by atoms with Gasteiger partial charge < -0.3 is 14.2 Å². The molecule has 0 aliphatic carbocycles. The number of methoxy groups -OCH3 is 3. The summed E-state index contributed by atoms with van der Waals surface area (Å²) in [7, 11) is -11.0. The average Bonchev–Trinajstić information content (AvgIpc) is 4.05. The van der Waals surface area contributed by atoms with Gasteiger partial charge in [0.2, 0.25) is 0 Å². The Morgan fingerprint density at radius 2 is 0.788 bits per heavy atom. The zero-order valence-electron chi connectivity index (χ0n) is 38.5. The van der Waals surface area contributed by atoms with E-state index in [9.17, 15) is 32.6 Å². The van der Waals surface area contributed by atoms with E-state index in [-0.39, 0.29) is 44.9 Å². The molecule has 4 aliphatic rings. The van der Waals surface area contributed by atoms with Crippen molar-refractivity contribution in [3.8, 4) is 0 Å². The molecular formula is C46H68N4O12P4. The highest BCUT2D eigenvalue weighted by Gasteiger charge is 2.51. The summed E-state index contributed by atoms with van der Waals surface area (Å²) in [4.78, 5) is 37.6. The predicted molar refractivity (Wildman–Crippen MR) is 259 cm³/mol. The highest BCUT2D eigenvalue weighted by Crippen LogP contribution is 2.73. The van der Waals surface area contributed by atoms with Crippen LogP contribution in [0.4, 0.5) is 0 Å². The van der Waals surface area contributed by atoms with Gasteiger partial charge in [-0.15, -0.1) is 0 Å². The fourth-order valence-corrected chi connectivity index (χ4v) is 19.0. The van der Waals surface area contributed by atoms with Gasteiger partial charge in [0.25, 0.3) is 0 Å². The van der Waals surface area contributed by atoms with E-state index in [4.69, 9.17) is 22.8 Å². The van der Waals surface area contributed by atoms with Crippen LogP contribution in [0.2, 0.25) is 0 Å². The second kappa shape index (κ2) is 24.2. The van der Waals surface area contributed by atoms with Crippen LogP contribution < -0.4 is 0 Å². The van der Waals surface area contributed by atoms with Crippen LogP contribution in [0.1, 0.15) is 66.0 Å². The molecule has 8 atom stereocenters. The van der Waals surface area contributed by atoms with Crippen LogP contribution in [-0.2, 0) is 68.3 Å². The van der Waals surface area contributed by atoms with E-state index in [0.717, 1.165) is 11.1 Å². The number of ether oxygens (including phenoxy) is 3. The molecule has 2 aromatic rings. The van der Waals surface area contributed by atoms with Gasteiger partial charge in [0.1, 0.15) is 18.1 Å². The van der Waals surface area contributed by atoms with E-state index in [2.05, 4.69) is 0 Å². The Morgan fingerprint density at radius 3 is 1.14 bits per heavy atom. The molecule has 0 spiro atoms. The van der Waals surface area contributed by atoms with Crippen LogP contribution in [0.15, 0.2) is 108 Å². The summed E-state index contributed by atoms with van der Waals surface area (Å²) in [6, 6.07) is 16.9. The lowest BCUT2D eigenvalue weighted by atomic mass is 10.0. The van der Waals surface area contributed by atoms with Crippen molar-refractivity contribution in [3.05, 3.63) is 119 Å². The Morgan fingerprint density at radius 1 is 0.485 bits per heavy atom. The van der Waals surface area contributed by atoms with Crippen LogP contribution >= 0.6 is 30.1 Å². The summed E-state index contributed by atoms with van der Waals surface area (Å²) in [6.07, 6.45) is 8.56. The van der Waals surface area contributed by atoms with Crippen molar-refractivity contribution in [1.82, 2.24) is 18.7 Å². The molecule has 6 rings (SSSR count). The summed E-state index contributed by atoms with van der Waals surface area (Å²) in [6.45, 7) is 10.9. The molecule has 16 nitrogen and oxygen atoms in total. The first kappa shape index (κ1) is 55.1. The van der Waals surface area contributed by atoms with Gasteiger partial charge in [0, 0.05) is 55.5 Å². The Kier molecular flexibility index (Phi) is 20.2. The van der Waals surface area contributed by atoms with E-state index in [1.807, 2.05) is 95.3 Å². The minimum atomic E-state index is -3.78. The fourth-order valence-electron chi connectivity index (χ4n) is 8.19. The lowest BCUT2D eigenvalue weighted by Crippen LogP contribution is -2.41. The average molecular weight is 993 g/mol. The van der Waals surface area contributed by atoms with Crippen molar-refractivity contribution in [1.29, 1.82) is 0 Å². The number of hydrogen-bond acceptors (Lipinski definition) is 12. The van der Waals surface area contributed by atoms with E-state index < -0.39 is 66.1 Å². The maximum Gasteiger partial charge on any atom is 0.323 e. The van der Waals surface area contributed by atoms with Gasteiger partial charge >= 0.3 is 48.0 Å². The zero-order valence-corrected chi connectivity index (χ0v) is 42.1. The topological polar surface area (TPSA) is 179 Å². The number of benzene rings is 2. The van der Waals surface area contributed by atoms with Crippen molar-refractivity contribution < 1.29 is 55.5 Å². The van der Waals surface area contributed by atoms with E-state index in [0.29, 0.717) is 32.2 Å². The number of carbonyl (C=O) groups is 3. The number of carbonyl (C=O) groups excluding carboxylic acids is 3. The zero-order chi connectivity index (χ0) is 47.6. The smallest absolute Gasteiger partial charge is 0.323 e. The molecule has 4 heterocycles. The van der Waals surface area contributed by atoms with E-state index >= 15 is 0 Å². The van der Waals surface area contributed by atoms with Crippen molar-refractivity contribution >= 4 is 48.0 Å². The molecule has 364 valence electrons. The van der Waals surface area contributed by atoms with Crippen LogP contribution in [0.5, 0.6) is 0 Å². The van der Waals surface area contributed by atoms with Crippen molar-refractivity contribution in [2.24, 2.45) is 11.8 Å². The van der Waals surface area contributed by atoms with Gasteiger partial charge in [0.15, 0.2) is 0 Å². The first-order valence-corrected chi connectivity index (χ1v) is 28.3. The van der Waals surface area contributed by atoms with Gasteiger partial charge in [0.05, 0.1) is 21.3 Å². The molecule has 0 amide bonds. The van der Waals surface area contributed by atoms with Crippen molar-refractivity contribution in [3.63, 3.8) is 0 Å². The Labute approximate surface area is 391 Å². The normalized spacial score (nSPS) is 27.0. The molecule has 0 radical (unpaired) electrons. The standard InChI is InChI=1S/C25H30N2O5P2.C20H34N2O7P2.CH4/c1-21(19-22-11-5-3-6-12-22)26-15-9-17-33(26,29)32-34(30)18-10-16-27(34)24(25(28)31-2)20-23-13-7-4-8-14-23;1-15(2)13-17(19(23)27-5)21-9-7-11-30(21,25)29-31(26)12-8-10-22(31)18(14-16(3)4)20(24)28-6;/h3-14,17-18,21,24H,15-16,19-20H2,1-2H3;7-8,11-12,15-18H,9-10,13-14H2,1-6H3;1H4. The van der Waals surface area contributed by atoms with E-state index in [1.54, 1.807) is 29.0 Å². The molecule has 0 saturated carbocycles. The number of hydrogen-bond donors (Lipinski definition) is 0. The number of nitrogens with zero attached hydrogens (tertiary/aromatic N) is 4. The van der Waals surface area contributed by atoms with Crippen LogP contribution in [0, 0.1) is 11.8 Å². The monoisotopic (exact) mass is 992 g/mol. The lowest BCUT2D eigenvalue weighted by Gasteiger charge is -2.36. The maximum atomic E-state index is 14.1. The molecule has 0 bridgehead atoms. The molecule has 66 heavy (non-hydrogen) atoms. The molecule has 2 aromatic carbocycles. The summed E-state index contributed by atoms with van der Waals surface area (Å²) in [5.74, 6) is 4.45. The minimum absolute atomic E-state index is 0. The maximum absolute atomic E-state index is 14.1. The number of rotatable bonds is 19. The van der Waals surface area contributed by atoms with Crippen LogP contribution in [0.3, 0.4) is 0 Å². The molecule has 4 aliphatic heterocycles. The summed E-state index contributed by atoms with van der Waals surface area (Å²) < 4.78 is 88.6. The molecule has 20 heteroatoms. The molecule has 0 saturated heterocycles. The van der Waals surface area contributed by atoms with Crippen LogP contribution in [0.25, 0.3) is 0 Å². The summed E-state index contributed by atoms with van der Waals surface area (Å²) in [5, 5.41) is 0.